The lowest BCUT2D eigenvalue weighted by Crippen LogP contribution is -2.23. The molecule has 0 unspecified atom stereocenters. The number of pyridine rings is 4. The number of hydrogen-bond donors (Lipinski definition) is 1. The third-order valence-electron chi connectivity index (χ3n) is 11.7. The van der Waals surface area contributed by atoms with Gasteiger partial charge in [0, 0.05) is 67.6 Å². The Bertz CT molecular complexity index is 3290. The van der Waals surface area contributed by atoms with E-state index >= 15 is 0 Å². The van der Waals surface area contributed by atoms with E-state index in [4.69, 9.17) is 29.3 Å². The largest absolute Gasteiger partial charge is 0.497 e. The van der Waals surface area contributed by atoms with Gasteiger partial charge in [-0.2, -0.15) is 38.0 Å². The molecular weight excluding hydrogens is 945 g/mol. The predicted molar refractivity (Wildman–Crippen MR) is 271 cm³/mol. The van der Waals surface area contributed by atoms with Gasteiger partial charge in [0.05, 0.1) is 78.0 Å². The van der Waals surface area contributed by atoms with Crippen LogP contribution in [0.4, 0.5) is 28.9 Å². The molecule has 0 aliphatic rings. The van der Waals surface area contributed by atoms with Crippen molar-refractivity contribution in [2.24, 2.45) is 0 Å². The molecule has 1 N–H and O–H groups in total. The monoisotopic (exact) mass is 1000 g/mol. The van der Waals surface area contributed by atoms with Crippen molar-refractivity contribution in [3.63, 3.8) is 0 Å². The van der Waals surface area contributed by atoms with Gasteiger partial charge in [0.2, 0.25) is 11.8 Å². The second-order valence-corrected chi connectivity index (χ2v) is 17.6. The minimum atomic E-state index is -2.72. The first kappa shape index (κ1) is 51.3. The second kappa shape index (κ2) is 22.5. The molecule has 0 bridgehead atoms. The van der Waals surface area contributed by atoms with E-state index in [0.29, 0.717) is 76.5 Å². The Balaban J connectivity index is 0.000000201. The zero-order valence-electron chi connectivity index (χ0n) is 42.1. The topological polar surface area (TPSA) is 166 Å². The van der Waals surface area contributed by atoms with Crippen molar-refractivity contribution in [1.29, 1.82) is 0 Å². The molecule has 0 atom stereocenters. The first-order chi connectivity index (χ1) is 35.2. The summed E-state index contributed by atoms with van der Waals surface area (Å²) in [5, 5.41) is 20.5. The predicted octanol–water partition coefficient (Wildman–Crippen LogP) is 11.6. The third-order valence-corrected chi connectivity index (χ3v) is 11.7. The van der Waals surface area contributed by atoms with Crippen LogP contribution in [0, 0.1) is 13.8 Å². The van der Waals surface area contributed by atoms with Crippen molar-refractivity contribution in [1.82, 2.24) is 59.1 Å². The lowest BCUT2D eigenvalue weighted by molar-refractivity contribution is 0.0561. The summed E-state index contributed by atoms with van der Waals surface area (Å²) in [5.41, 5.74) is 11.6. The van der Waals surface area contributed by atoms with Gasteiger partial charge in [-0.1, -0.05) is 12.1 Å². The molecule has 0 fully saturated rings. The molecule has 0 aliphatic carbocycles. The minimum absolute atomic E-state index is 0.0550. The summed E-state index contributed by atoms with van der Waals surface area (Å²) in [6.45, 7) is 12.6. The SMILES string of the molecule is CCOc1ncccc1-c1cc(N(Cc2ccc(OC)cc2)Cc2cnn(C(F)F)c2)c2c(n1)c(C)nn2C(C)C.CCOc1ncccc1-c1cc(NCc2cnn(C(F)F)c2)c2c(n1)c(C)nn2C(C)C. The highest BCUT2D eigenvalue weighted by Gasteiger charge is 2.25. The number of methoxy groups -OCH3 is 1. The van der Waals surface area contributed by atoms with Crippen LogP contribution in [0.25, 0.3) is 44.6 Å². The molecule has 21 heteroatoms. The average molecular weight is 1000 g/mol. The van der Waals surface area contributed by atoms with Gasteiger partial charge in [-0.3, -0.25) is 9.36 Å². The lowest BCUT2D eigenvalue weighted by atomic mass is 10.1. The van der Waals surface area contributed by atoms with Gasteiger partial charge in [0.1, 0.15) is 27.8 Å². The standard InChI is InChI=1S/C30H33F2N7O2.C22H25F2N7O/c1-6-41-29-24(8-7-13-33-29)25-14-26(28-27(35-25)20(4)36-39(28)19(2)3)37(16-21-9-11-23(40-5)12-10-21)17-22-15-34-38(18-22)30(31)32;1-5-32-21-16(7-6-8-25-21)17-9-18(26-10-15-11-27-30(12-15)22(23)24)20-19(28-17)14(4)29-31(20)13(2)3/h7-15,18-19,30H,6,16-17H2,1-5H3;6-9,11-13,22H,5,10H2,1-4H3,(H,26,28). The fraction of sp³-hybridized carbons (Fsp3) is 0.346. The van der Waals surface area contributed by atoms with Gasteiger partial charge in [-0.15, -0.1) is 0 Å². The molecule has 17 nitrogen and oxygen atoms in total. The van der Waals surface area contributed by atoms with E-state index in [1.54, 1.807) is 19.5 Å². The zero-order chi connectivity index (χ0) is 51.9. The van der Waals surface area contributed by atoms with Gasteiger partial charge >= 0.3 is 13.1 Å². The lowest BCUT2D eigenvalue weighted by Gasteiger charge is -2.27. The number of alkyl halides is 4. The maximum atomic E-state index is 13.4. The van der Waals surface area contributed by atoms with Crippen molar-refractivity contribution in [3.05, 3.63) is 126 Å². The van der Waals surface area contributed by atoms with Gasteiger partial charge < -0.3 is 24.4 Å². The van der Waals surface area contributed by atoms with Crippen molar-refractivity contribution in [2.75, 3.05) is 30.5 Å². The number of aryl methyl sites for hydroxylation is 2. The Kier molecular flexibility index (Phi) is 15.8. The molecule has 382 valence electrons. The van der Waals surface area contributed by atoms with Crippen molar-refractivity contribution in [3.8, 4) is 40.0 Å². The van der Waals surface area contributed by atoms with E-state index in [2.05, 4.69) is 49.3 Å². The number of fused-ring (bicyclic) bond motifs is 2. The smallest absolute Gasteiger partial charge is 0.333 e. The van der Waals surface area contributed by atoms with Crippen LogP contribution in [-0.2, 0) is 19.6 Å². The van der Waals surface area contributed by atoms with Crippen LogP contribution in [0.3, 0.4) is 0 Å². The highest BCUT2D eigenvalue weighted by molar-refractivity contribution is 5.94. The fourth-order valence-corrected chi connectivity index (χ4v) is 8.35. The van der Waals surface area contributed by atoms with E-state index in [0.717, 1.165) is 67.3 Å². The van der Waals surface area contributed by atoms with Gasteiger partial charge in [0.25, 0.3) is 0 Å². The van der Waals surface area contributed by atoms with Crippen LogP contribution >= 0.6 is 0 Å². The maximum absolute atomic E-state index is 13.4. The number of halogens is 4. The average Bonchev–Trinajstić information content (AvgIpc) is 4.20. The molecule has 0 spiro atoms. The quantitative estimate of drug-likeness (QED) is 0.0761. The number of hydrogen-bond acceptors (Lipinski definition) is 13. The van der Waals surface area contributed by atoms with E-state index in [9.17, 15) is 17.6 Å². The molecule has 0 saturated heterocycles. The van der Waals surface area contributed by atoms with E-state index in [-0.39, 0.29) is 12.1 Å². The van der Waals surface area contributed by atoms with Crippen LogP contribution in [0.15, 0.2) is 97.8 Å². The molecule has 0 radical (unpaired) electrons. The molecule has 1 aromatic carbocycles. The Hall–Kier alpha value is -8.10. The van der Waals surface area contributed by atoms with E-state index in [1.165, 1.54) is 24.8 Å². The molecule has 8 heterocycles. The van der Waals surface area contributed by atoms with E-state index < -0.39 is 13.1 Å². The number of nitrogens with zero attached hydrogens (tertiary/aromatic N) is 13. The summed E-state index contributed by atoms with van der Waals surface area (Å²) in [7, 11) is 1.63. The summed E-state index contributed by atoms with van der Waals surface area (Å²) in [4.78, 5) is 20.8. The van der Waals surface area contributed by atoms with Crippen LogP contribution in [0.1, 0.15) is 94.8 Å². The minimum Gasteiger partial charge on any atom is -0.497 e. The van der Waals surface area contributed by atoms with Gasteiger partial charge in [0.15, 0.2) is 0 Å². The summed E-state index contributed by atoms with van der Waals surface area (Å²) in [6, 6.07) is 19.4. The van der Waals surface area contributed by atoms with Crippen molar-refractivity contribution < 1.29 is 31.8 Å². The second-order valence-electron chi connectivity index (χ2n) is 17.6. The molecular formula is C52H58F4N14O3. The van der Waals surface area contributed by atoms with Crippen LogP contribution in [-0.4, -0.2) is 79.4 Å². The van der Waals surface area contributed by atoms with E-state index in [1.807, 2.05) is 112 Å². The molecule has 9 rings (SSSR count). The highest BCUT2D eigenvalue weighted by Crippen LogP contribution is 2.39. The van der Waals surface area contributed by atoms with Crippen molar-refractivity contribution in [2.45, 2.75) is 100 Å². The number of aromatic nitrogens is 12. The molecule has 9 aromatic rings. The molecule has 0 saturated carbocycles. The fourth-order valence-electron chi connectivity index (χ4n) is 8.35. The molecule has 0 amide bonds. The highest BCUT2D eigenvalue weighted by atomic mass is 19.3. The molecule has 0 aliphatic heterocycles. The van der Waals surface area contributed by atoms with Crippen LogP contribution in [0.5, 0.6) is 17.5 Å². The Morgan fingerprint density at radius 1 is 0.644 bits per heavy atom. The zero-order valence-corrected chi connectivity index (χ0v) is 42.1. The van der Waals surface area contributed by atoms with Crippen molar-refractivity contribution >= 4 is 33.4 Å². The number of ether oxygens (including phenoxy) is 3. The Morgan fingerprint density at radius 2 is 1.15 bits per heavy atom. The summed E-state index contributed by atoms with van der Waals surface area (Å²) in [6.07, 6.45) is 8.98. The first-order valence-electron chi connectivity index (χ1n) is 23.9. The number of rotatable bonds is 19. The Labute approximate surface area is 419 Å². The first-order valence-corrected chi connectivity index (χ1v) is 23.9. The number of anilines is 2. The maximum Gasteiger partial charge on any atom is 0.333 e. The molecule has 8 aromatic heterocycles. The summed E-state index contributed by atoms with van der Waals surface area (Å²) >= 11 is 0. The van der Waals surface area contributed by atoms with Crippen LogP contribution in [0.2, 0.25) is 0 Å². The van der Waals surface area contributed by atoms with Crippen LogP contribution < -0.4 is 24.4 Å². The summed E-state index contributed by atoms with van der Waals surface area (Å²) in [5.74, 6) is 1.74. The van der Waals surface area contributed by atoms with Gasteiger partial charge in [-0.25, -0.2) is 29.3 Å². The summed E-state index contributed by atoms with van der Waals surface area (Å²) < 4.78 is 74.6. The molecule has 73 heavy (non-hydrogen) atoms. The third kappa shape index (κ3) is 11.3. The Morgan fingerprint density at radius 3 is 1.67 bits per heavy atom. The number of benzene rings is 1. The van der Waals surface area contributed by atoms with Gasteiger partial charge in [-0.05, 0) is 109 Å². The normalized spacial score (nSPS) is 11.6. The number of nitrogens with one attached hydrogen (secondary N) is 1.